The van der Waals surface area contributed by atoms with Crippen molar-refractivity contribution in [2.75, 3.05) is 6.54 Å². The lowest BCUT2D eigenvalue weighted by Gasteiger charge is -2.35. The first-order valence-corrected chi connectivity index (χ1v) is 9.10. The number of halogens is 4. The minimum atomic E-state index is -4.71. The van der Waals surface area contributed by atoms with Crippen molar-refractivity contribution in [3.63, 3.8) is 0 Å². The molecule has 0 radical (unpaired) electrons. The molecular formula is C16H13ClF3N3O2S. The number of nitriles is 1. The molecule has 0 bridgehead atoms. The van der Waals surface area contributed by atoms with Crippen LogP contribution >= 0.6 is 11.6 Å². The van der Waals surface area contributed by atoms with E-state index in [1.807, 2.05) is 0 Å². The lowest BCUT2D eigenvalue weighted by molar-refractivity contribution is -0.111. The molecule has 0 aliphatic carbocycles. The molecule has 0 saturated heterocycles. The molecule has 26 heavy (non-hydrogen) atoms. The maximum Gasteiger partial charge on any atom is 0.290 e. The van der Waals surface area contributed by atoms with Crippen LogP contribution in [0.4, 0.5) is 13.2 Å². The van der Waals surface area contributed by atoms with E-state index in [9.17, 15) is 17.2 Å². The summed E-state index contributed by atoms with van der Waals surface area (Å²) in [5, 5.41) is 9.05. The summed E-state index contributed by atoms with van der Waals surface area (Å²) in [6.07, 6.45) is -1.71. The van der Waals surface area contributed by atoms with Crippen LogP contribution in [0, 0.1) is 11.3 Å². The molecule has 1 atom stereocenters. The second-order valence-corrected chi connectivity index (χ2v) is 7.47. The van der Waals surface area contributed by atoms with E-state index in [4.69, 9.17) is 16.9 Å². The summed E-state index contributed by atoms with van der Waals surface area (Å²) in [4.78, 5) is 3.03. The molecule has 1 aromatic carbocycles. The molecule has 0 amide bonds. The van der Waals surface area contributed by atoms with Gasteiger partial charge in [-0.1, -0.05) is 30.7 Å². The molecule has 5 nitrogen and oxygen atoms in total. The third-order valence-electron chi connectivity index (χ3n) is 3.62. The fraction of sp³-hybridized carbons (Fsp3) is 0.250. The van der Waals surface area contributed by atoms with E-state index in [-0.39, 0.29) is 14.9 Å². The quantitative estimate of drug-likeness (QED) is 0.689. The van der Waals surface area contributed by atoms with E-state index < -0.39 is 39.2 Å². The van der Waals surface area contributed by atoms with Gasteiger partial charge in [-0.2, -0.15) is 9.57 Å². The maximum absolute atomic E-state index is 15.5. The molecule has 2 rings (SSSR count). The van der Waals surface area contributed by atoms with Crippen molar-refractivity contribution in [2.24, 2.45) is 0 Å². The number of sulfonamides is 1. The molecule has 1 heterocycles. The van der Waals surface area contributed by atoms with Crippen LogP contribution in [0.2, 0.25) is 5.02 Å². The van der Waals surface area contributed by atoms with Gasteiger partial charge in [0.25, 0.3) is 12.2 Å². The summed E-state index contributed by atoms with van der Waals surface area (Å²) < 4.78 is 68.6. The van der Waals surface area contributed by atoms with Crippen LogP contribution in [0.15, 0.2) is 47.6 Å². The Labute approximate surface area is 153 Å². The Morgan fingerprint density at radius 2 is 1.92 bits per heavy atom. The van der Waals surface area contributed by atoms with Crippen LogP contribution in [-0.4, -0.2) is 30.7 Å². The summed E-state index contributed by atoms with van der Waals surface area (Å²) in [6.45, 7) is 0.647. The van der Waals surface area contributed by atoms with Gasteiger partial charge < -0.3 is 0 Å². The Morgan fingerprint density at radius 1 is 1.31 bits per heavy atom. The molecule has 0 saturated carbocycles. The summed E-state index contributed by atoms with van der Waals surface area (Å²) in [6, 6.07) is 7.00. The molecule has 0 N–H and O–H groups in total. The van der Waals surface area contributed by atoms with Gasteiger partial charge in [0.05, 0.1) is 5.56 Å². The Bertz CT molecular complexity index is 933. The Balaban J connectivity index is 2.65. The summed E-state index contributed by atoms with van der Waals surface area (Å²) in [7, 11) is -4.71. The highest BCUT2D eigenvalue weighted by molar-refractivity contribution is 7.89. The first-order chi connectivity index (χ1) is 12.2. The molecule has 1 aromatic heterocycles. The summed E-state index contributed by atoms with van der Waals surface area (Å²) in [5.41, 5.74) is -0.665. The Morgan fingerprint density at radius 3 is 2.42 bits per heavy atom. The number of nitrogens with zero attached hydrogens (tertiary/aromatic N) is 3. The molecule has 1 unspecified atom stereocenters. The van der Waals surface area contributed by atoms with Crippen molar-refractivity contribution in [2.45, 2.75) is 24.0 Å². The van der Waals surface area contributed by atoms with Gasteiger partial charge in [-0.15, -0.1) is 0 Å². The lowest BCUT2D eigenvalue weighted by atomic mass is 10.0. The minimum Gasteiger partial charge on any atom is -0.262 e. The fourth-order valence-electron chi connectivity index (χ4n) is 2.39. The van der Waals surface area contributed by atoms with Crippen molar-refractivity contribution in [1.29, 1.82) is 5.26 Å². The van der Waals surface area contributed by atoms with Crippen LogP contribution in [0.25, 0.3) is 0 Å². The van der Waals surface area contributed by atoms with Gasteiger partial charge >= 0.3 is 0 Å². The minimum absolute atomic E-state index is 0.0477. The Hall–Kier alpha value is -2.15. The zero-order chi connectivity index (χ0) is 19.5. The highest BCUT2D eigenvalue weighted by Gasteiger charge is 2.52. The number of hydrogen-bond acceptors (Lipinski definition) is 4. The largest absolute Gasteiger partial charge is 0.290 e. The van der Waals surface area contributed by atoms with E-state index in [2.05, 4.69) is 4.98 Å². The molecule has 0 spiro atoms. The standard InChI is InChI=1S/C16H13ClF3N3O2S/c1-2-23(26(24,25)14-7-11(8-21)9-22-10-14)16(20,15(18)19)12-3-5-13(17)6-4-12/h3-7,9-10,15H,2H2,1H3. The van der Waals surface area contributed by atoms with Gasteiger partial charge in [-0.05, 0) is 18.2 Å². The van der Waals surface area contributed by atoms with E-state index in [0.29, 0.717) is 0 Å². The Kier molecular flexibility index (Phi) is 5.91. The number of benzene rings is 1. The van der Waals surface area contributed by atoms with Gasteiger partial charge in [0.1, 0.15) is 11.0 Å². The van der Waals surface area contributed by atoms with Crippen LogP contribution in [-0.2, 0) is 15.8 Å². The summed E-state index contributed by atoms with van der Waals surface area (Å²) in [5.74, 6) is -3.62. The maximum atomic E-state index is 15.5. The van der Waals surface area contributed by atoms with Crippen molar-refractivity contribution in [1.82, 2.24) is 9.29 Å². The average Bonchev–Trinajstić information content (AvgIpc) is 2.62. The number of pyridine rings is 1. The van der Waals surface area contributed by atoms with Gasteiger partial charge in [0.15, 0.2) is 0 Å². The molecule has 2 aromatic rings. The van der Waals surface area contributed by atoms with E-state index in [1.54, 1.807) is 6.07 Å². The van der Waals surface area contributed by atoms with Gasteiger partial charge in [0, 0.05) is 29.5 Å². The number of rotatable bonds is 6. The molecular weight excluding hydrogens is 391 g/mol. The normalized spacial score (nSPS) is 14.2. The van der Waals surface area contributed by atoms with Crippen molar-refractivity contribution >= 4 is 21.6 Å². The highest BCUT2D eigenvalue weighted by atomic mass is 35.5. The topological polar surface area (TPSA) is 74.1 Å². The lowest BCUT2D eigenvalue weighted by Crippen LogP contribution is -2.51. The molecule has 0 aliphatic rings. The predicted octanol–water partition coefficient (Wildman–Crippen LogP) is 3.70. The van der Waals surface area contributed by atoms with Gasteiger partial charge in [0.2, 0.25) is 10.0 Å². The SMILES string of the molecule is CCN(C(F)(c1ccc(Cl)cc1)C(F)F)S(=O)(=O)c1cncc(C#N)c1. The van der Waals surface area contributed by atoms with Crippen LogP contribution in [0.5, 0.6) is 0 Å². The average molecular weight is 404 g/mol. The molecule has 0 fully saturated rings. The van der Waals surface area contributed by atoms with E-state index >= 15 is 4.39 Å². The monoisotopic (exact) mass is 403 g/mol. The third-order valence-corrected chi connectivity index (χ3v) is 5.79. The van der Waals surface area contributed by atoms with Crippen molar-refractivity contribution < 1.29 is 21.6 Å². The van der Waals surface area contributed by atoms with E-state index in [1.165, 1.54) is 19.1 Å². The second-order valence-electron chi connectivity index (χ2n) is 5.17. The van der Waals surface area contributed by atoms with E-state index in [0.717, 1.165) is 30.6 Å². The fourth-order valence-corrected chi connectivity index (χ4v) is 4.11. The van der Waals surface area contributed by atoms with Crippen LogP contribution < -0.4 is 0 Å². The number of aromatic nitrogens is 1. The first kappa shape index (κ1) is 20.2. The van der Waals surface area contributed by atoms with Crippen molar-refractivity contribution in [3.05, 3.63) is 58.9 Å². The number of alkyl halides is 3. The molecule has 10 heteroatoms. The van der Waals surface area contributed by atoms with Gasteiger partial charge in [-0.25, -0.2) is 21.6 Å². The first-order valence-electron chi connectivity index (χ1n) is 7.29. The zero-order valence-electron chi connectivity index (χ0n) is 13.4. The van der Waals surface area contributed by atoms with Crippen molar-refractivity contribution in [3.8, 4) is 6.07 Å². The third kappa shape index (κ3) is 3.53. The second kappa shape index (κ2) is 7.61. The predicted molar refractivity (Wildman–Crippen MR) is 88.8 cm³/mol. The van der Waals surface area contributed by atoms with Crippen LogP contribution in [0.1, 0.15) is 18.1 Å². The molecule has 138 valence electrons. The number of hydrogen-bond donors (Lipinski definition) is 0. The molecule has 0 aliphatic heterocycles. The highest BCUT2D eigenvalue weighted by Crippen LogP contribution is 2.40. The zero-order valence-corrected chi connectivity index (χ0v) is 15.0. The smallest absolute Gasteiger partial charge is 0.262 e. The van der Waals surface area contributed by atoms with Crippen LogP contribution in [0.3, 0.4) is 0 Å². The summed E-state index contributed by atoms with van der Waals surface area (Å²) >= 11 is 5.69. The van der Waals surface area contributed by atoms with Gasteiger partial charge in [-0.3, -0.25) is 4.98 Å².